The van der Waals surface area contributed by atoms with Gasteiger partial charge in [0.05, 0.1) is 0 Å². The van der Waals surface area contributed by atoms with Gasteiger partial charge in [0.15, 0.2) is 0 Å². The minimum atomic E-state index is -0.263. The Bertz CT molecular complexity index is 357. The summed E-state index contributed by atoms with van der Waals surface area (Å²) in [5.41, 5.74) is 12.8. The van der Waals surface area contributed by atoms with Crippen LogP contribution in [0.1, 0.15) is 19.2 Å². The molecule has 0 aliphatic carbocycles. The molecule has 0 radical (unpaired) electrons. The summed E-state index contributed by atoms with van der Waals surface area (Å²) in [6.07, 6.45) is 0.308. The van der Waals surface area contributed by atoms with E-state index in [9.17, 15) is 4.79 Å². The van der Waals surface area contributed by atoms with Gasteiger partial charge in [0.2, 0.25) is 11.7 Å². The van der Waals surface area contributed by atoms with Crippen LogP contribution in [-0.4, -0.2) is 21.9 Å². The maximum atomic E-state index is 10.8. The number of carbonyl (C=O) groups is 1. The van der Waals surface area contributed by atoms with E-state index in [0.29, 0.717) is 6.42 Å². The zero-order chi connectivity index (χ0) is 10.6. The van der Waals surface area contributed by atoms with Gasteiger partial charge in [-0.1, -0.05) is 12.0 Å². The Kier molecular flexibility index (Phi) is 3.00. The first-order chi connectivity index (χ1) is 6.63. The second kappa shape index (κ2) is 4.21. The molecule has 0 aliphatic rings. The number of nitrogen functional groups attached to an aromatic ring is 1. The van der Waals surface area contributed by atoms with Crippen molar-refractivity contribution in [3.8, 4) is 0 Å². The van der Waals surface area contributed by atoms with Gasteiger partial charge in [-0.05, 0) is 0 Å². The Morgan fingerprint density at radius 1 is 1.64 bits per heavy atom. The highest BCUT2D eigenvalue weighted by Crippen LogP contribution is 1.98. The van der Waals surface area contributed by atoms with Crippen molar-refractivity contribution in [2.75, 3.05) is 5.73 Å². The molecule has 1 rings (SSSR count). The Morgan fingerprint density at radius 2 is 2.36 bits per heavy atom. The molecule has 8 heteroatoms. The van der Waals surface area contributed by atoms with Gasteiger partial charge < -0.3 is 15.9 Å². The zero-order valence-corrected chi connectivity index (χ0v) is 7.52. The SMILES string of the molecule is CCC(=O)N/N=C(\N)c1nnc(N)o1. The van der Waals surface area contributed by atoms with Gasteiger partial charge in [0.25, 0.3) is 5.89 Å². The predicted molar refractivity (Wildman–Crippen MR) is 47.9 cm³/mol. The number of nitrogens with zero attached hydrogens (tertiary/aromatic N) is 3. The molecular weight excluding hydrogens is 188 g/mol. The van der Waals surface area contributed by atoms with E-state index in [0.717, 1.165) is 0 Å². The van der Waals surface area contributed by atoms with E-state index in [2.05, 4.69) is 20.7 Å². The molecule has 0 aromatic carbocycles. The molecule has 76 valence electrons. The van der Waals surface area contributed by atoms with E-state index in [-0.39, 0.29) is 23.6 Å². The molecule has 0 saturated heterocycles. The Balaban J connectivity index is 2.65. The predicted octanol–water partition coefficient (Wildman–Crippen LogP) is -1.20. The van der Waals surface area contributed by atoms with Gasteiger partial charge in [-0.25, -0.2) is 5.43 Å². The summed E-state index contributed by atoms with van der Waals surface area (Å²) in [6.45, 7) is 1.69. The van der Waals surface area contributed by atoms with Gasteiger partial charge >= 0.3 is 6.01 Å². The number of aromatic nitrogens is 2. The lowest BCUT2D eigenvalue weighted by Crippen LogP contribution is -2.23. The van der Waals surface area contributed by atoms with Gasteiger partial charge in [-0.3, -0.25) is 4.79 Å². The third-order valence-corrected chi connectivity index (χ3v) is 1.28. The van der Waals surface area contributed by atoms with E-state index in [1.165, 1.54) is 0 Å². The number of hydrogen-bond donors (Lipinski definition) is 3. The number of hydrogen-bond acceptors (Lipinski definition) is 6. The highest BCUT2D eigenvalue weighted by Gasteiger charge is 2.07. The first kappa shape index (κ1) is 9.96. The maximum Gasteiger partial charge on any atom is 0.313 e. The van der Waals surface area contributed by atoms with E-state index >= 15 is 0 Å². The van der Waals surface area contributed by atoms with Crippen molar-refractivity contribution in [3.63, 3.8) is 0 Å². The fourth-order valence-electron chi connectivity index (χ4n) is 0.588. The fraction of sp³-hybridized carbons (Fsp3) is 0.333. The van der Waals surface area contributed by atoms with Crippen LogP contribution in [0.25, 0.3) is 0 Å². The number of carbonyl (C=O) groups excluding carboxylic acids is 1. The van der Waals surface area contributed by atoms with Crippen LogP contribution in [0.15, 0.2) is 9.52 Å². The minimum absolute atomic E-state index is 0.0288. The zero-order valence-electron chi connectivity index (χ0n) is 7.52. The lowest BCUT2D eigenvalue weighted by atomic mass is 10.5. The first-order valence-electron chi connectivity index (χ1n) is 3.84. The van der Waals surface area contributed by atoms with Gasteiger partial charge in [-0.2, -0.15) is 0 Å². The molecular formula is C6H10N6O2. The van der Waals surface area contributed by atoms with Gasteiger partial charge in [-0.15, -0.1) is 10.2 Å². The van der Waals surface area contributed by atoms with Crippen LogP contribution in [0.4, 0.5) is 6.01 Å². The number of nitrogens with two attached hydrogens (primary N) is 2. The second-order valence-electron chi connectivity index (χ2n) is 2.33. The van der Waals surface area contributed by atoms with Crippen molar-refractivity contribution in [1.29, 1.82) is 0 Å². The molecule has 0 atom stereocenters. The highest BCUT2D eigenvalue weighted by molar-refractivity contribution is 5.93. The van der Waals surface area contributed by atoms with Crippen molar-refractivity contribution < 1.29 is 9.21 Å². The Morgan fingerprint density at radius 3 is 2.86 bits per heavy atom. The van der Waals surface area contributed by atoms with Crippen LogP contribution in [0.2, 0.25) is 0 Å². The van der Waals surface area contributed by atoms with Crippen molar-refractivity contribution in [2.24, 2.45) is 10.8 Å². The molecule has 0 unspecified atom stereocenters. The summed E-state index contributed by atoms with van der Waals surface area (Å²) in [4.78, 5) is 10.8. The van der Waals surface area contributed by atoms with E-state index in [1.54, 1.807) is 6.92 Å². The molecule has 0 fully saturated rings. The molecule has 1 aromatic rings. The van der Waals surface area contributed by atoms with Crippen molar-refractivity contribution >= 4 is 17.8 Å². The number of anilines is 1. The molecule has 0 saturated carbocycles. The number of amides is 1. The van der Waals surface area contributed by atoms with Gasteiger partial charge in [0.1, 0.15) is 0 Å². The molecule has 0 aliphatic heterocycles. The summed E-state index contributed by atoms with van der Waals surface area (Å²) < 4.78 is 4.76. The molecule has 5 N–H and O–H groups in total. The van der Waals surface area contributed by atoms with E-state index in [1.807, 2.05) is 0 Å². The molecule has 1 amide bonds. The Hall–Kier alpha value is -2.12. The molecule has 0 bridgehead atoms. The lowest BCUT2D eigenvalue weighted by molar-refractivity contribution is -0.120. The van der Waals surface area contributed by atoms with E-state index in [4.69, 9.17) is 15.9 Å². The number of amidine groups is 1. The van der Waals surface area contributed by atoms with Gasteiger partial charge in [0, 0.05) is 6.42 Å². The van der Waals surface area contributed by atoms with Crippen molar-refractivity contribution in [1.82, 2.24) is 15.6 Å². The average molecular weight is 198 g/mol. The standard InChI is InChI=1S/C6H10N6O2/c1-2-3(13)9-10-4(7)5-11-12-6(8)14-5/h2H2,1H3,(H2,7,10)(H2,8,12)(H,9,13). The molecule has 14 heavy (non-hydrogen) atoms. The molecule has 0 spiro atoms. The normalized spacial score (nSPS) is 11.4. The smallest absolute Gasteiger partial charge is 0.313 e. The fourth-order valence-corrected chi connectivity index (χ4v) is 0.588. The third-order valence-electron chi connectivity index (χ3n) is 1.28. The highest BCUT2D eigenvalue weighted by atomic mass is 16.4. The van der Waals surface area contributed by atoms with Crippen molar-refractivity contribution in [2.45, 2.75) is 13.3 Å². The van der Waals surface area contributed by atoms with Crippen LogP contribution < -0.4 is 16.9 Å². The summed E-state index contributed by atoms with van der Waals surface area (Å²) in [5.74, 6) is -0.379. The average Bonchev–Trinajstić information content (AvgIpc) is 2.60. The van der Waals surface area contributed by atoms with Crippen LogP contribution in [-0.2, 0) is 4.79 Å². The molecule has 1 aromatic heterocycles. The monoisotopic (exact) mass is 198 g/mol. The van der Waals surface area contributed by atoms with Crippen molar-refractivity contribution in [3.05, 3.63) is 5.89 Å². The number of nitrogens with one attached hydrogen (secondary N) is 1. The van der Waals surface area contributed by atoms with Crippen LogP contribution in [0.5, 0.6) is 0 Å². The third kappa shape index (κ3) is 2.44. The summed E-state index contributed by atoms with van der Waals surface area (Å²) in [6, 6.07) is -0.111. The second-order valence-corrected chi connectivity index (χ2v) is 2.33. The quantitative estimate of drug-likeness (QED) is 0.317. The lowest BCUT2D eigenvalue weighted by Gasteiger charge is -1.95. The minimum Gasteiger partial charge on any atom is -0.400 e. The largest absolute Gasteiger partial charge is 0.400 e. The Labute approximate surface area is 79.3 Å². The topological polar surface area (TPSA) is 132 Å². The first-order valence-corrected chi connectivity index (χ1v) is 3.84. The van der Waals surface area contributed by atoms with Crippen LogP contribution in [0.3, 0.4) is 0 Å². The summed E-state index contributed by atoms with van der Waals surface area (Å²) in [5, 5.41) is 10.4. The molecule has 8 nitrogen and oxygen atoms in total. The summed E-state index contributed by atoms with van der Waals surface area (Å²) >= 11 is 0. The van der Waals surface area contributed by atoms with Crippen LogP contribution in [0, 0.1) is 0 Å². The number of hydrazone groups is 1. The number of rotatable bonds is 3. The summed E-state index contributed by atoms with van der Waals surface area (Å²) in [7, 11) is 0. The van der Waals surface area contributed by atoms with Crippen LogP contribution >= 0.6 is 0 Å². The molecule has 1 heterocycles. The maximum absolute atomic E-state index is 10.8. The van der Waals surface area contributed by atoms with E-state index < -0.39 is 0 Å².